The summed E-state index contributed by atoms with van der Waals surface area (Å²) in [6, 6.07) is 4.52. The number of hydrogen-bond acceptors (Lipinski definition) is 1. The predicted molar refractivity (Wildman–Crippen MR) is 45.7 cm³/mol. The van der Waals surface area contributed by atoms with Crippen LogP contribution < -0.4 is 0 Å². The van der Waals surface area contributed by atoms with E-state index in [9.17, 15) is 4.39 Å². The van der Waals surface area contributed by atoms with Crippen LogP contribution in [0.1, 0.15) is 5.56 Å². The molecule has 0 saturated heterocycles. The molecule has 0 aromatic heterocycles. The van der Waals surface area contributed by atoms with E-state index in [2.05, 4.69) is 0 Å². The predicted octanol–water partition coefficient (Wildman–Crippen LogP) is 3.20. The molecule has 0 radical (unpaired) electrons. The Morgan fingerprint density at radius 1 is 1.42 bits per heavy atom. The maximum absolute atomic E-state index is 13.0. The Morgan fingerprint density at radius 3 is 2.67 bits per heavy atom. The summed E-state index contributed by atoms with van der Waals surface area (Å²) in [4.78, 5) is 0. The van der Waals surface area contributed by atoms with Gasteiger partial charge in [0, 0.05) is 10.6 Å². The van der Waals surface area contributed by atoms with Gasteiger partial charge >= 0.3 is 0 Å². The van der Waals surface area contributed by atoms with Crippen LogP contribution in [-0.4, -0.2) is 0 Å². The van der Waals surface area contributed by atoms with Crippen molar-refractivity contribution in [2.24, 2.45) is 0 Å². The smallest absolute Gasteiger partial charge is 0.146 e. The van der Waals surface area contributed by atoms with E-state index in [0.29, 0.717) is 5.02 Å². The second kappa shape index (κ2) is 3.75. The Bertz CT molecular complexity index is 344. The second-order valence-electron chi connectivity index (χ2n) is 2.20. The SMILES string of the molecule is N#CCc1cc(Cl)cc(Cl)c1F. The standard InChI is InChI=1S/C8H4Cl2FN/c9-6-3-5(1-2-12)8(11)7(10)4-6/h3-4H,1H2. The Balaban J connectivity index is 3.20. The van der Waals surface area contributed by atoms with Crippen LogP contribution in [0.4, 0.5) is 4.39 Å². The number of benzene rings is 1. The Hall–Kier alpha value is -0.780. The van der Waals surface area contributed by atoms with Gasteiger partial charge in [0.2, 0.25) is 0 Å². The van der Waals surface area contributed by atoms with E-state index in [0.717, 1.165) is 0 Å². The van der Waals surface area contributed by atoms with E-state index in [1.54, 1.807) is 0 Å². The van der Waals surface area contributed by atoms with E-state index in [1.807, 2.05) is 6.07 Å². The molecule has 0 N–H and O–H groups in total. The molecule has 0 bridgehead atoms. The highest BCUT2D eigenvalue weighted by atomic mass is 35.5. The van der Waals surface area contributed by atoms with Crippen molar-refractivity contribution in [3.8, 4) is 6.07 Å². The molecule has 0 aliphatic heterocycles. The van der Waals surface area contributed by atoms with Gasteiger partial charge in [-0.05, 0) is 12.1 Å². The largest absolute Gasteiger partial charge is 0.205 e. The fourth-order valence-electron chi connectivity index (χ4n) is 0.823. The van der Waals surface area contributed by atoms with Crippen molar-refractivity contribution in [3.05, 3.63) is 33.6 Å². The summed E-state index contributed by atoms with van der Waals surface area (Å²) in [7, 11) is 0. The van der Waals surface area contributed by atoms with Crippen LogP contribution in [0.2, 0.25) is 10.0 Å². The van der Waals surface area contributed by atoms with Crippen molar-refractivity contribution < 1.29 is 4.39 Å². The molecule has 0 amide bonds. The fraction of sp³-hybridized carbons (Fsp3) is 0.125. The number of nitrogens with zero attached hydrogens (tertiary/aromatic N) is 1. The number of nitriles is 1. The van der Waals surface area contributed by atoms with Gasteiger partial charge in [-0.15, -0.1) is 0 Å². The summed E-state index contributed by atoms with van der Waals surface area (Å²) in [6.07, 6.45) is -0.0217. The highest BCUT2D eigenvalue weighted by Gasteiger charge is 2.07. The van der Waals surface area contributed by atoms with Gasteiger partial charge in [-0.25, -0.2) is 4.39 Å². The van der Waals surface area contributed by atoms with Crippen LogP contribution in [0.25, 0.3) is 0 Å². The minimum atomic E-state index is -0.567. The molecule has 0 saturated carbocycles. The molecule has 12 heavy (non-hydrogen) atoms. The summed E-state index contributed by atoms with van der Waals surface area (Å²) < 4.78 is 13.0. The maximum atomic E-state index is 13.0. The second-order valence-corrected chi connectivity index (χ2v) is 3.04. The minimum absolute atomic E-state index is 0.0217. The van der Waals surface area contributed by atoms with E-state index in [-0.39, 0.29) is 17.0 Å². The third kappa shape index (κ3) is 1.88. The van der Waals surface area contributed by atoms with Crippen LogP contribution >= 0.6 is 23.2 Å². The molecule has 4 heteroatoms. The quantitative estimate of drug-likeness (QED) is 0.644. The van der Waals surface area contributed by atoms with Gasteiger partial charge in [0.1, 0.15) is 5.82 Å². The molecular weight excluding hydrogens is 200 g/mol. The minimum Gasteiger partial charge on any atom is -0.205 e. The van der Waals surface area contributed by atoms with E-state index in [1.165, 1.54) is 12.1 Å². The van der Waals surface area contributed by atoms with Crippen molar-refractivity contribution in [2.45, 2.75) is 6.42 Å². The van der Waals surface area contributed by atoms with Gasteiger partial charge in [-0.1, -0.05) is 23.2 Å². The van der Waals surface area contributed by atoms with E-state index >= 15 is 0 Å². The summed E-state index contributed by atoms with van der Waals surface area (Å²) in [5.41, 5.74) is 0.231. The Kier molecular flexibility index (Phi) is 2.91. The monoisotopic (exact) mass is 203 g/mol. The van der Waals surface area contributed by atoms with Crippen LogP contribution in [0, 0.1) is 17.1 Å². The Labute approximate surface area is 79.3 Å². The first-order valence-corrected chi connectivity index (χ1v) is 3.91. The average Bonchev–Trinajstić information content (AvgIpc) is 2.00. The van der Waals surface area contributed by atoms with Crippen LogP contribution in [0.15, 0.2) is 12.1 Å². The number of rotatable bonds is 1. The Morgan fingerprint density at radius 2 is 2.08 bits per heavy atom. The van der Waals surface area contributed by atoms with Gasteiger partial charge in [0.15, 0.2) is 0 Å². The van der Waals surface area contributed by atoms with Crippen LogP contribution in [-0.2, 0) is 6.42 Å². The third-order valence-electron chi connectivity index (χ3n) is 1.34. The van der Waals surface area contributed by atoms with Crippen molar-refractivity contribution >= 4 is 23.2 Å². The molecule has 0 atom stereocenters. The van der Waals surface area contributed by atoms with Gasteiger partial charge in [0.05, 0.1) is 17.5 Å². The number of hydrogen-bond donors (Lipinski definition) is 0. The van der Waals surface area contributed by atoms with E-state index in [4.69, 9.17) is 28.5 Å². The molecule has 62 valence electrons. The molecule has 1 aromatic rings. The lowest BCUT2D eigenvalue weighted by Gasteiger charge is -2.00. The molecule has 0 aliphatic rings. The molecule has 0 fully saturated rings. The molecule has 0 spiro atoms. The maximum Gasteiger partial charge on any atom is 0.146 e. The summed E-state index contributed by atoms with van der Waals surface area (Å²) in [5.74, 6) is -0.567. The van der Waals surface area contributed by atoms with Crippen LogP contribution in [0.5, 0.6) is 0 Å². The zero-order chi connectivity index (χ0) is 9.14. The molecular formula is C8H4Cl2FN. The molecule has 0 unspecified atom stereocenters. The van der Waals surface area contributed by atoms with Crippen molar-refractivity contribution in [2.75, 3.05) is 0 Å². The third-order valence-corrected chi connectivity index (χ3v) is 1.83. The van der Waals surface area contributed by atoms with E-state index < -0.39 is 5.82 Å². The first kappa shape index (κ1) is 9.31. The van der Waals surface area contributed by atoms with Crippen molar-refractivity contribution in [1.29, 1.82) is 5.26 Å². The lowest BCUT2D eigenvalue weighted by molar-refractivity contribution is 0.616. The summed E-state index contributed by atoms with van der Waals surface area (Å²) >= 11 is 11.1. The van der Waals surface area contributed by atoms with Crippen LogP contribution in [0.3, 0.4) is 0 Å². The lowest BCUT2D eigenvalue weighted by atomic mass is 10.1. The first-order chi connectivity index (χ1) is 5.65. The van der Waals surface area contributed by atoms with Crippen molar-refractivity contribution in [1.82, 2.24) is 0 Å². The fourth-order valence-corrected chi connectivity index (χ4v) is 1.36. The molecule has 0 aliphatic carbocycles. The molecule has 1 rings (SSSR count). The lowest BCUT2D eigenvalue weighted by Crippen LogP contribution is -1.89. The molecule has 0 heterocycles. The topological polar surface area (TPSA) is 23.8 Å². The zero-order valence-electron chi connectivity index (χ0n) is 5.94. The molecule has 1 nitrogen and oxygen atoms in total. The normalized spacial score (nSPS) is 9.50. The average molecular weight is 204 g/mol. The highest BCUT2D eigenvalue weighted by Crippen LogP contribution is 2.23. The molecule has 1 aromatic carbocycles. The summed E-state index contributed by atoms with van der Waals surface area (Å²) in [5, 5.41) is 8.61. The van der Waals surface area contributed by atoms with Gasteiger partial charge in [0.25, 0.3) is 0 Å². The van der Waals surface area contributed by atoms with Crippen molar-refractivity contribution in [3.63, 3.8) is 0 Å². The highest BCUT2D eigenvalue weighted by molar-refractivity contribution is 6.34. The first-order valence-electron chi connectivity index (χ1n) is 3.15. The van der Waals surface area contributed by atoms with Gasteiger partial charge in [-0.2, -0.15) is 5.26 Å². The number of halogens is 3. The summed E-state index contributed by atoms with van der Waals surface area (Å²) in [6.45, 7) is 0. The van der Waals surface area contributed by atoms with Gasteiger partial charge in [-0.3, -0.25) is 0 Å². The zero-order valence-corrected chi connectivity index (χ0v) is 7.45. The van der Waals surface area contributed by atoms with Gasteiger partial charge < -0.3 is 0 Å².